The highest BCUT2D eigenvalue weighted by Crippen LogP contribution is 2.34. The lowest BCUT2D eigenvalue weighted by molar-refractivity contribution is 0.0992. The first-order valence-corrected chi connectivity index (χ1v) is 9.81. The normalized spacial score (nSPS) is 23.5. The van der Waals surface area contributed by atoms with Crippen molar-refractivity contribution in [2.24, 2.45) is 4.99 Å². The summed E-state index contributed by atoms with van der Waals surface area (Å²) >= 11 is 0. The predicted octanol–water partition coefficient (Wildman–Crippen LogP) is 2.88. The third kappa shape index (κ3) is 4.65. The predicted molar refractivity (Wildman–Crippen MR) is 120 cm³/mol. The van der Waals surface area contributed by atoms with Crippen molar-refractivity contribution >= 4 is 29.9 Å². The summed E-state index contributed by atoms with van der Waals surface area (Å²) in [7, 11) is 0. The van der Waals surface area contributed by atoms with Crippen molar-refractivity contribution in [3.63, 3.8) is 0 Å². The molecule has 2 bridgehead atoms. The van der Waals surface area contributed by atoms with Crippen LogP contribution in [0.5, 0.6) is 0 Å². The van der Waals surface area contributed by atoms with Gasteiger partial charge in [-0.1, -0.05) is 6.07 Å². The van der Waals surface area contributed by atoms with Crippen LogP contribution in [0, 0.1) is 13.8 Å². The van der Waals surface area contributed by atoms with Gasteiger partial charge in [0.25, 0.3) is 0 Å². The molecule has 4 rings (SSSR count). The van der Waals surface area contributed by atoms with Crippen LogP contribution in [-0.4, -0.2) is 45.5 Å². The maximum absolute atomic E-state index is 5.93. The molecule has 8 heteroatoms. The van der Waals surface area contributed by atoms with E-state index in [9.17, 15) is 0 Å². The lowest BCUT2D eigenvalue weighted by Gasteiger charge is -2.22. The molecule has 2 aliphatic heterocycles. The minimum Gasteiger partial charge on any atom is -0.373 e. The molecular weight excluding hydrogens is 467 g/mol. The molecule has 4 heterocycles. The first-order valence-electron chi connectivity index (χ1n) is 9.81. The van der Waals surface area contributed by atoms with E-state index in [4.69, 9.17) is 9.73 Å². The second-order valence-corrected chi connectivity index (χ2v) is 7.42. The average molecular weight is 496 g/mol. The fraction of sp³-hybridized carbons (Fsp3) is 0.550. The number of nitrogens with one attached hydrogen (secondary N) is 2. The summed E-state index contributed by atoms with van der Waals surface area (Å²) in [5.41, 5.74) is 3.15. The van der Waals surface area contributed by atoms with E-state index in [1.165, 1.54) is 6.42 Å². The van der Waals surface area contributed by atoms with Gasteiger partial charge in [0, 0.05) is 18.4 Å². The standard InChI is InChI=1S/C20H28N6O.HI/c1-4-21-20(24-17-10-16-6-7-18(17)27-16)23-12-15-5-8-19(22-11-15)26-14(3)9-13(2)25-26;/h5,8-9,11,16-18H,4,6-7,10,12H2,1-3H3,(H2,21,23,24);1H. The Hall–Kier alpha value is -1.68. The summed E-state index contributed by atoms with van der Waals surface area (Å²) in [6.45, 7) is 7.53. The second-order valence-electron chi connectivity index (χ2n) is 7.42. The van der Waals surface area contributed by atoms with Gasteiger partial charge in [-0.3, -0.25) is 0 Å². The largest absolute Gasteiger partial charge is 0.373 e. The Morgan fingerprint density at radius 1 is 1.32 bits per heavy atom. The quantitative estimate of drug-likeness (QED) is 0.379. The van der Waals surface area contributed by atoms with Gasteiger partial charge in [0.1, 0.15) is 0 Å². The van der Waals surface area contributed by atoms with E-state index >= 15 is 0 Å². The van der Waals surface area contributed by atoms with Crippen LogP contribution < -0.4 is 10.6 Å². The van der Waals surface area contributed by atoms with Crippen molar-refractivity contribution < 1.29 is 4.74 Å². The Labute approximate surface area is 183 Å². The third-order valence-corrected chi connectivity index (χ3v) is 5.23. The van der Waals surface area contributed by atoms with Crippen LogP contribution in [0.2, 0.25) is 0 Å². The van der Waals surface area contributed by atoms with Crippen LogP contribution in [0.4, 0.5) is 0 Å². The monoisotopic (exact) mass is 496 g/mol. The van der Waals surface area contributed by atoms with E-state index in [1.807, 2.05) is 36.9 Å². The molecule has 3 unspecified atom stereocenters. The number of ether oxygens (including phenoxy) is 1. The average Bonchev–Trinajstić information content (AvgIpc) is 3.36. The summed E-state index contributed by atoms with van der Waals surface area (Å²) in [4.78, 5) is 9.28. The number of aromatic nitrogens is 3. The highest BCUT2D eigenvalue weighted by molar-refractivity contribution is 14.0. The molecule has 0 aromatic carbocycles. The van der Waals surface area contributed by atoms with Gasteiger partial charge in [0.15, 0.2) is 11.8 Å². The van der Waals surface area contributed by atoms with Gasteiger partial charge in [-0.15, -0.1) is 24.0 Å². The van der Waals surface area contributed by atoms with Gasteiger partial charge in [0.2, 0.25) is 0 Å². The SMILES string of the molecule is CCNC(=NCc1ccc(-n2nc(C)cc2C)nc1)NC1CC2CCC1O2.I. The Morgan fingerprint density at radius 2 is 2.18 bits per heavy atom. The first-order chi connectivity index (χ1) is 13.1. The fourth-order valence-corrected chi connectivity index (χ4v) is 3.95. The third-order valence-electron chi connectivity index (χ3n) is 5.23. The van der Waals surface area contributed by atoms with E-state index < -0.39 is 0 Å². The van der Waals surface area contributed by atoms with Crippen molar-refractivity contribution in [2.75, 3.05) is 6.54 Å². The molecule has 3 atom stereocenters. The topological polar surface area (TPSA) is 76.4 Å². The molecule has 0 radical (unpaired) electrons. The molecule has 2 saturated heterocycles. The van der Waals surface area contributed by atoms with Crippen molar-refractivity contribution in [1.82, 2.24) is 25.4 Å². The molecule has 0 amide bonds. The molecular formula is C20H29IN6O. The molecule has 2 aliphatic rings. The molecule has 2 aromatic rings. The molecule has 0 spiro atoms. The number of pyridine rings is 1. The lowest BCUT2D eigenvalue weighted by atomic mass is 9.96. The van der Waals surface area contributed by atoms with Gasteiger partial charge < -0.3 is 15.4 Å². The van der Waals surface area contributed by atoms with Gasteiger partial charge in [-0.05, 0) is 57.7 Å². The van der Waals surface area contributed by atoms with Crippen LogP contribution in [-0.2, 0) is 11.3 Å². The van der Waals surface area contributed by atoms with E-state index in [0.29, 0.717) is 24.8 Å². The van der Waals surface area contributed by atoms with Crippen LogP contribution in [0.15, 0.2) is 29.4 Å². The first kappa shape index (κ1) is 21.0. The fourth-order valence-electron chi connectivity index (χ4n) is 3.95. The Bertz CT molecular complexity index is 819. The highest BCUT2D eigenvalue weighted by atomic mass is 127. The number of hydrogen-bond acceptors (Lipinski definition) is 4. The van der Waals surface area contributed by atoms with E-state index in [-0.39, 0.29) is 24.0 Å². The van der Waals surface area contributed by atoms with Crippen LogP contribution in [0.25, 0.3) is 5.82 Å². The number of halogens is 1. The Balaban J connectivity index is 0.00000225. The molecule has 0 aliphatic carbocycles. The number of guanidine groups is 1. The molecule has 2 fully saturated rings. The van der Waals surface area contributed by atoms with E-state index in [1.54, 1.807) is 0 Å². The summed E-state index contributed by atoms with van der Waals surface area (Å²) in [5, 5.41) is 11.4. The maximum Gasteiger partial charge on any atom is 0.191 e. The minimum absolute atomic E-state index is 0. The van der Waals surface area contributed by atoms with Crippen molar-refractivity contribution in [3.05, 3.63) is 41.3 Å². The molecule has 28 heavy (non-hydrogen) atoms. The summed E-state index contributed by atoms with van der Waals surface area (Å²) < 4.78 is 7.79. The lowest BCUT2D eigenvalue weighted by Crippen LogP contribution is -2.47. The van der Waals surface area contributed by atoms with Crippen molar-refractivity contribution in [3.8, 4) is 5.82 Å². The number of aryl methyl sites for hydroxylation is 2. The Kier molecular flexibility index (Phi) is 6.92. The highest BCUT2D eigenvalue weighted by Gasteiger charge is 2.41. The number of aliphatic imine (C=N–C) groups is 1. The second kappa shape index (κ2) is 9.21. The summed E-state index contributed by atoms with van der Waals surface area (Å²) in [6, 6.07) is 6.47. The molecule has 2 aromatic heterocycles. The van der Waals surface area contributed by atoms with Gasteiger partial charge in [0.05, 0.1) is 30.5 Å². The van der Waals surface area contributed by atoms with E-state index in [2.05, 4.69) is 33.7 Å². The van der Waals surface area contributed by atoms with Crippen molar-refractivity contribution in [2.45, 2.75) is 64.8 Å². The summed E-state index contributed by atoms with van der Waals surface area (Å²) in [5.74, 6) is 1.68. The molecule has 2 N–H and O–H groups in total. The molecule has 0 saturated carbocycles. The number of hydrogen-bond donors (Lipinski definition) is 2. The Morgan fingerprint density at radius 3 is 2.75 bits per heavy atom. The maximum atomic E-state index is 5.93. The van der Waals surface area contributed by atoms with Crippen LogP contribution in [0.3, 0.4) is 0 Å². The zero-order valence-corrected chi connectivity index (χ0v) is 19.0. The number of rotatable bonds is 5. The smallest absolute Gasteiger partial charge is 0.191 e. The summed E-state index contributed by atoms with van der Waals surface area (Å²) in [6.07, 6.45) is 6.07. The van der Waals surface area contributed by atoms with Crippen LogP contribution in [0.1, 0.15) is 43.1 Å². The van der Waals surface area contributed by atoms with E-state index in [0.717, 1.165) is 48.1 Å². The number of nitrogens with zero attached hydrogens (tertiary/aromatic N) is 4. The number of fused-ring (bicyclic) bond motifs is 2. The zero-order chi connectivity index (χ0) is 18.8. The van der Waals surface area contributed by atoms with Crippen LogP contribution >= 0.6 is 24.0 Å². The minimum atomic E-state index is 0. The molecule has 7 nitrogen and oxygen atoms in total. The van der Waals surface area contributed by atoms with Gasteiger partial charge >= 0.3 is 0 Å². The zero-order valence-electron chi connectivity index (χ0n) is 16.7. The van der Waals surface area contributed by atoms with Crippen molar-refractivity contribution in [1.29, 1.82) is 0 Å². The van der Waals surface area contributed by atoms with Gasteiger partial charge in [-0.2, -0.15) is 5.10 Å². The van der Waals surface area contributed by atoms with Gasteiger partial charge in [-0.25, -0.2) is 14.7 Å². The molecule has 152 valence electrons.